The molecule has 1 atom stereocenters. The van der Waals surface area contributed by atoms with Crippen LogP contribution < -0.4 is 5.73 Å². The highest BCUT2D eigenvalue weighted by atomic mass is 15.2. The highest BCUT2D eigenvalue weighted by Gasteiger charge is 2.26. The van der Waals surface area contributed by atoms with Crippen LogP contribution in [0.15, 0.2) is 24.5 Å². The van der Waals surface area contributed by atoms with E-state index in [1.54, 1.807) is 0 Å². The molecule has 0 aliphatic heterocycles. The standard InChI is InChI=1S/C17H31N3/c1-4-5-6-7-11-17(2,15-18)20(3)14-10-16-8-12-19-13-9-16/h8-9,12-13H,4-7,10-11,14-15,18H2,1-3H3. The lowest BCUT2D eigenvalue weighted by molar-refractivity contribution is 0.132. The lowest BCUT2D eigenvalue weighted by Gasteiger charge is -2.38. The first-order chi connectivity index (χ1) is 9.62. The molecule has 0 bridgehead atoms. The zero-order chi connectivity index (χ0) is 14.8. The van der Waals surface area contributed by atoms with Crippen molar-refractivity contribution in [2.24, 2.45) is 5.73 Å². The topological polar surface area (TPSA) is 42.1 Å². The molecule has 0 aromatic carbocycles. The first-order valence-electron chi connectivity index (χ1n) is 7.92. The van der Waals surface area contributed by atoms with Gasteiger partial charge in [0, 0.05) is 31.0 Å². The third-order valence-corrected chi connectivity index (χ3v) is 4.42. The SMILES string of the molecule is CCCCCCC(C)(CN)N(C)CCc1ccncc1. The molecule has 3 nitrogen and oxygen atoms in total. The largest absolute Gasteiger partial charge is 0.329 e. The smallest absolute Gasteiger partial charge is 0.0300 e. The second-order valence-electron chi connectivity index (χ2n) is 6.04. The van der Waals surface area contributed by atoms with Gasteiger partial charge in [-0.3, -0.25) is 9.88 Å². The molecule has 3 heteroatoms. The summed E-state index contributed by atoms with van der Waals surface area (Å²) in [6.07, 6.45) is 11.2. The second-order valence-corrected chi connectivity index (χ2v) is 6.04. The molecular weight excluding hydrogens is 246 g/mol. The van der Waals surface area contributed by atoms with Gasteiger partial charge >= 0.3 is 0 Å². The van der Waals surface area contributed by atoms with Crippen LogP contribution in [0.2, 0.25) is 0 Å². The van der Waals surface area contributed by atoms with Crippen LogP contribution in [0.1, 0.15) is 51.5 Å². The van der Waals surface area contributed by atoms with E-state index in [4.69, 9.17) is 5.73 Å². The number of hydrogen-bond donors (Lipinski definition) is 1. The maximum atomic E-state index is 6.04. The molecule has 1 unspecified atom stereocenters. The van der Waals surface area contributed by atoms with Gasteiger partial charge < -0.3 is 5.73 Å². The van der Waals surface area contributed by atoms with Crippen LogP contribution in [0, 0.1) is 0 Å². The number of unbranched alkanes of at least 4 members (excludes halogenated alkanes) is 3. The lowest BCUT2D eigenvalue weighted by atomic mass is 9.92. The van der Waals surface area contributed by atoms with E-state index in [2.05, 4.69) is 42.9 Å². The van der Waals surface area contributed by atoms with Crippen LogP contribution in [-0.2, 0) is 6.42 Å². The van der Waals surface area contributed by atoms with Gasteiger partial charge in [0.2, 0.25) is 0 Å². The molecule has 0 spiro atoms. The average molecular weight is 277 g/mol. The quantitative estimate of drug-likeness (QED) is 0.668. The molecule has 114 valence electrons. The van der Waals surface area contributed by atoms with Crippen molar-refractivity contribution in [3.8, 4) is 0 Å². The third kappa shape index (κ3) is 5.59. The fourth-order valence-corrected chi connectivity index (χ4v) is 2.50. The number of pyridine rings is 1. The Balaban J connectivity index is 2.42. The molecule has 20 heavy (non-hydrogen) atoms. The van der Waals surface area contributed by atoms with E-state index in [0.29, 0.717) is 0 Å². The van der Waals surface area contributed by atoms with Gasteiger partial charge in [-0.25, -0.2) is 0 Å². The van der Waals surface area contributed by atoms with Crippen LogP contribution in [0.5, 0.6) is 0 Å². The molecule has 1 heterocycles. The zero-order valence-corrected chi connectivity index (χ0v) is 13.4. The summed E-state index contributed by atoms with van der Waals surface area (Å²) in [6.45, 7) is 6.33. The molecule has 2 N–H and O–H groups in total. The molecule has 0 aliphatic rings. The van der Waals surface area contributed by atoms with Crippen molar-refractivity contribution < 1.29 is 0 Å². The van der Waals surface area contributed by atoms with Gasteiger partial charge in [-0.05, 0) is 44.5 Å². The Morgan fingerprint density at radius 3 is 2.50 bits per heavy atom. The minimum absolute atomic E-state index is 0.126. The van der Waals surface area contributed by atoms with Gasteiger partial charge in [-0.15, -0.1) is 0 Å². The fourth-order valence-electron chi connectivity index (χ4n) is 2.50. The van der Waals surface area contributed by atoms with Crippen molar-refractivity contribution in [2.75, 3.05) is 20.1 Å². The maximum absolute atomic E-state index is 6.04. The minimum Gasteiger partial charge on any atom is -0.329 e. The van der Waals surface area contributed by atoms with Crippen LogP contribution in [0.25, 0.3) is 0 Å². The summed E-state index contributed by atoms with van der Waals surface area (Å²) in [7, 11) is 2.20. The highest BCUT2D eigenvalue weighted by Crippen LogP contribution is 2.21. The van der Waals surface area contributed by atoms with Gasteiger partial charge in [-0.1, -0.05) is 32.6 Å². The lowest BCUT2D eigenvalue weighted by Crippen LogP contribution is -2.50. The summed E-state index contributed by atoms with van der Waals surface area (Å²) < 4.78 is 0. The Hall–Kier alpha value is -0.930. The molecule has 1 rings (SSSR count). The molecule has 0 amide bonds. The van der Waals surface area contributed by atoms with E-state index in [1.807, 2.05) is 12.4 Å². The van der Waals surface area contributed by atoms with E-state index < -0.39 is 0 Å². The molecule has 0 radical (unpaired) electrons. The number of likely N-dealkylation sites (N-methyl/N-ethyl adjacent to an activating group) is 1. The molecule has 1 aromatic heterocycles. The van der Waals surface area contributed by atoms with E-state index in [1.165, 1.54) is 37.7 Å². The monoisotopic (exact) mass is 277 g/mol. The molecule has 0 fully saturated rings. The minimum atomic E-state index is 0.126. The van der Waals surface area contributed by atoms with Gasteiger partial charge in [-0.2, -0.15) is 0 Å². The fraction of sp³-hybridized carbons (Fsp3) is 0.706. The van der Waals surface area contributed by atoms with Gasteiger partial charge in [0.1, 0.15) is 0 Å². The number of nitrogens with two attached hydrogens (primary N) is 1. The summed E-state index contributed by atoms with van der Waals surface area (Å²) in [6, 6.07) is 4.18. The van der Waals surface area contributed by atoms with E-state index in [9.17, 15) is 0 Å². The van der Waals surface area contributed by atoms with Crippen molar-refractivity contribution in [1.29, 1.82) is 0 Å². The van der Waals surface area contributed by atoms with Crippen molar-refractivity contribution in [2.45, 2.75) is 57.9 Å². The Morgan fingerprint density at radius 1 is 1.20 bits per heavy atom. The third-order valence-electron chi connectivity index (χ3n) is 4.42. The van der Waals surface area contributed by atoms with Crippen molar-refractivity contribution in [3.63, 3.8) is 0 Å². The van der Waals surface area contributed by atoms with E-state index >= 15 is 0 Å². The normalized spacial score (nSPS) is 14.4. The molecule has 0 saturated carbocycles. The van der Waals surface area contributed by atoms with Crippen molar-refractivity contribution >= 4 is 0 Å². The van der Waals surface area contributed by atoms with Crippen molar-refractivity contribution in [1.82, 2.24) is 9.88 Å². The van der Waals surface area contributed by atoms with Crippen LogP contribution >= 0.6 is 0 Å². The van der Waals surface area contributed by atoms with Crippen molar-refractivity contribution in [3.05, 3.63) is 30.1 Å². The number of aromatic nitrogens is 1. The summed E-state index contributed by atoms with van der Waals surface area (Å²) in [4.78, 5) is 6.49. The Bertz CT molecular complexity index is 353. The number of hydrogen-bond acceptors (Lipinski definition) is 3. The first kappa shape index (κ1) is 17.1. The zero-order valence-electron chi connectivity index (χ0n) is 13.4. The summed E-state index contributed by atoms with van der Waals surface area (Å²) in [5.74, 6) is 0. The second kappa shape index (κ2) is 9.09. The van der Waals surface area contributed by atoms with Crippen LogP contribution in [0.3, 0.4) is 0 Å². The molecule has 0 saturated heterocycles. The van der Waals surface area contributed by atoms with Crippen LogP contribution in [0.4, 0.5) is 0 Å². The van der Waals surface area contributed by atoms with Gasteiger partial charge in [0.05, 0.1) is 0 Å². The average Bonchev–Trinajstić information content (AvgIpc) is 2.50. The maximum Gasteiger partial charge on any atom is 0.0300 e. The van der Waals surface area contributed by atoms with E-state index in [0.717, 1.165) is 19.5 Å². The molecule has 1 aromatic rings. The molecular formula is C17H31N3. The Kier molecular flexibility index (Phi) is 7.78. The summed E-state index contributed by atoms with van der Waals surface area (Å²) in [5, 5.41) is 0. The predicted octanol–water partition coefficient (Wildman–Crippen LogP) is 3.24. The number of nitrogens with zero attached hydrogens (tertiary/aromatic N) is 2. The highest BCUT2D eigenvalue weighted by molar-refractivity contribution is 5.10. The van der Waals surface area contributed by atoms with Gasteiger partial charge in [0.25, 0.3) is 0 Å². The van der Waals surface area contributed by atoms with E-state index in [-0.39, 0.29) is 5.54 Å². The first-order valence-corrected chi connectivity index (χ1v) is 7.92. The number of rotatable bonds is 10. The Labute approximate surface area is 124 Å². The summed E-state index contributed by atoms with van der Waals surface area (Å²) >= 11 is 0. The van der Waals surface area contributed by atoms with Gasteiger partial charge in [0.15, 0.2) is 0 Å². The predicted molar refractivity (Wildman–Crippen MR) is 86.8 cm³/mol. The Morgan fingerprint density at radius 2 is 1.90 bits per heavy atom. The molecule has 0 aliphatic carbocycles. The van der Waals surface area contributed by atoms with Crippen LogP contribution in [-0.4, -0.2) is 35.6 Å². The summed E-state index contributed by atoms with van der Waals surface area (Å²) in [5.41, 5.74) is 7.51.